The summed E-state index contributed by atoms with van der Waals surface area (Å²) < 4.78 is 0. The molecule has 2 aromatic carbocycles. The monoisotopic (exact) mass is 364 g/mol. The zero-order chi connectivity index (χ0) is 19.2. The number of carbonyl (C=O) groups is 1. The van der Waals surface area contributed by atoms with E-state index in [1.54, 1.807) is 0 Å². The van der Waals surface area contributed by atoms with Gasteiger partial charge in [0.05, 0.1) is 6.04 Å². The van der Waals surface area contributed by atoms with Crippen LogP contribution in [0.3, 0.4) is 0 Å². The van der Waals surface area contributed by atoms with Crippen molar-refractivity contribution in [3.8, 4) is 0 Å². The summed E-state index contributed by atoms with van der Waals surface area (Å²) in [5.41, 5.74) is 4.41. The predicted molar refractivity (Wildman–Crippen MR) is 112 cm³/mol. The van der Waals surface area contributed by atoms with E-state index in [0.717, 1.165) is 30.0 Å². The largest absolute Gasteiger partial charge is 0.345 e. The molecule has 0 aliphatic carbocycles. The number of hydrogen-bond donors (Lipinski definition) is 1. The summed E-state index contributed by atoms with van der Waals surface area (Å²) in [6.45, 7) is 9.85. The van der Waals surface area contributed by atoms with E-state index in [0.29, 0.717) is 0 Å². The quantitative estimate of drug-likeness (QED) is 0.773. The van der Waals surface area contributed by atoms with Gasteiger partial charge >= 0.3 is 0 Å². The van der Waals surface area contributed by atoms with Crippen LogP contribution in [0.1, 0.15) is 66.2 Å². The van der Waals surface area contributed by atoms with Crippen molar-refractivity contribution in [3.05, 3.63) is 70.8 Å². The minimum atomic E-state index is 0.000528. The first-order valence-electron chi connectivity index (χ1n) is 10.2. The molecule has 1 amide bonds. The fraction of sp³-hybridized carbons (Fsp3) is 0.458. The number of amides is 1. The molecule has 3 rings (SSSR count). The van der Waals surface area contributed by atoms with Crippen LogP contribution in [0.15, 0.2) is 48.5 Å². The molecule has 1 N–H and O–H groups in total. The molecule has 0 spiro atoms. The Bertz CT molecular complexity index is 736. The van der Waals surface area contributed by atoms with Crippen molar-refractivity contribution in [2.24, 2.45) is 5.92 Å². The third-order valence-corrected chi connectivity index (χ3v) is 5.56. The Balaban J connectivity index is 1.60. The highest BCUT2D eigenvalue weighted by atomic mass is 16.1. The zero-order valence-corrected chi connectivity index (χ0v) is 16.9. The van der Waals surface area contributed by atoms with Gasteiger partial charge in [0.25, 0.3) is 5.91 Å². The maximum Gasteiger partial charge on any atom is 0.251 e. The fourth-order valence-corrected chi connectivity index (χ4v) is 3.91. The zero-order valence-electron chi connectivity index (χ0n) is 16.9. The van der Waals surface area contributed by atoms with Gasteiger partial charge in [-0.1, -0.05) is 55.8 Å². The SMILES string of the molecule is CCC(NC(=O)c1ccc(CN2CCCC(C)C2)cc1)c1ccc(C)cc1. The number of carbonyl (C=O) groups excluding carboxylic acids is 1. The van der Waals surface area contributed by atoms with E-state index in [1.807, 2.05) is 12.1 Å². The van der Waals surface area contributed by atoms with E-state index in [9.17, 15) is 4.79 Å². The third kappa shape index (κ3) is 5.43. The lowest BCUT2D eigenvalue weighted by Crippen LogP contribution is -2.33. The average Bonchev–Trinajstić information content (AvgIpc) is 2.67. The van der Waals surface area contributed by atoms with Crippen molar-refractivity contribution in [1.29, 1.82) is 0 Å². The molecular formula is C24H32N2O. The van der Waals surface area contributed by atoms with Crippen LogP contribution in [0.25, 0.3) is 0 Å². The highest BCUT2D eigenvalue weighted by Gasteiger charge is 2.17. The molecule has 2 atom stereocenters. The van der Waals surface area contributed by atoms with Crippen molar-refractivity contribution in [3.63, 3.8) is 0 Å². The number of rotatable bonds is 6. The number of piperidine rings is 1. The minimum Gasteiger partial charge on any atom is -0.345 e. The highest BCUT2D eigenvalue weighted by Crippen LogP contribution is 2.20. The molecule has 1 fully saturated rings. The standard InChI is InChI=1S/C24H32N2O/c1-4-23(21-11-7-18(2)8-12-21)25-24(27)22-13-9-20(10-14-22)17-26-15-5-6-19(3)16-26/h7-14,19,23H,4-6,15-17H2,1-3H3,(H,25,27). The van der Waals surface area contributed by atoms with Gasteiger partial charge in [-0.3, -0.25) is 9.69 Å². The van der Waals surface area contributed by atoms with Gasteiger partial charge in [0.1, 0.15) is 0 Å². The lowest BCUT2D eigenvalue weighted by atomic mass is 9.99. The highest BCUT2D eigenvalue weighted by molar-refractivity contribution is 5.94. The molecule has 0 saturated carbocycles. The first kappa shape index (κ1) is 19.6. The topological polar surface area (TPSA) is 32.3 Å². The van der Waals surface area contributed by atoms with Gasteiger partial charge in [-0.2, -0.15) is 0 Å². The van der Waals surface area contributed by atoms with Crippen molar-refractivity contribution in [1.82, 2.24) is 10.2 Å². The number of hydrogen-bond acceptors (Lipinski definition) is 2. The van der Waals surface area contributed by atoms with Gasteiger partial charge < -0.3 is 5.32 Å². The number of nitrogens with zero attached hydrogens (tertiary/aromatic N) is 1. The van der Waals surface area contributed by atoms with Crippen LogP contribution in [-0.4, -0.2) is 23.9 Å². The number of benzene rings is 2. The molecule has 27 heavy (non-hydrogen) atoms. The summed E-state index contributed by atoms with van der Waals surface area (Å²) in [6.07, 6.45) is 3.51. The van der Waals surface area contributed by atoms with Crippen LogP contribution in [0.5, 0.6) is 0 Å². The molecule has 3 heteroatoms. The lowest BCUT2D eigenvalue weighted by molar-refractivity contribution is 0.0935. The maximum absolute atomic E-state index is 12.7. The Labute approximate surface area is 163 Å². The smallest absolute Gasteiger partial charge is 0.251 e. The van der Waals surface area contributed by atoms with Crippen molar-refractivity contribution in [2.45, 2.75) is 52.6 Å². The summed E-state index contributed by atoms with van der Waals surface area (Å²) in [4.78, 5) is 15.2. The molecule has 2 aromatic rings. The second-order valence-electron chi connectivity index (χ2n) is 8.02. The molecular weight excluding hydrogens is 332 g/mol. The van der Waals surface area contributed by atoms with Gasteiger partial charge in [-0.15, -0.1) is 0 Å². The molecule has 1 aliphatic rings. The number of aryl methyl sites for hydroxylation is 1. The molecule has 1 saturated heterocycles. The number of nitrogens with one attached hydrogen (secondary N) is 1. The van der Waals surface area contributed by atoms with E-state index < -0.39 is 0 Å². The Kier molecular flexibility index (Phi) is 6.68. The Morgan fingerprint density at radius 3 is 2.48 bits per heavy atom. The minimum absolute atomic E-state index is 0.000528. The molecule has 0 aromatic heterocycles. The molecule has 2 unspecified atom stereocenters. The molecule has 0 radical (unpaired) electrons. The second-order valence-corrected chi connectivity index (χ2v) is 8.02. The first-order valence-corrected chi connectivity index (χ1v) is 10.2. The van der Waals surface area contributed by atoms with Gasteiger partial charge in [-0.05, 0) is 61.9 Å². The van der Waals surface area contributed by atoms with E-state index in [1.165, 1.54) is 37.1 Å². The van der Waals surface area contributed by atoms with Crippen molar-refractivity contribution in [2.75, 3.05) is 13.1 Å². The molecule has 0 bridgehead atoms. The summed E-state index contributed by atoms with van der Waals surface area (Å²) in [7, 11) is 0. The van der Waals surface area contributed by atoms with E-state index in [4.69, 9.17) is 0 Å². The van der Waals surface area contributed by atoms with Crippen LogP contribution in [-0.2, 0) is 6.54 Å². The first-order chi connectivity index (χ1) is 13.0. The Hall–Kier alpha value is -2.13. The number of likely N-dealkylation sites (tertiary alicyclic amines) is 1. The second kappa shape index (κ2) is 9.18. The molecule has 144 valence electrons. The summed E-state index contributed by atoms with van der Waals surface area (Å²) in [5.74, 6) is 0.789. The summed E-state index contributed by atoms with van der Waals surface area (Å²) in [5, 5.41) is 3.18. The van der Waals surface area contributed by atoms with Gasteiger partial charge in [0.2, 0.25) is 0 Å². The molecule has 1 heterocycles. The normalized spacial score (nSPS) is 18.9. The maximum atomic E-state index is 12.7. The summed E-state index contributed by atoms with van der Waals surface area (Å²) >= 11 is 0. The molecule has 3 nitrogen and oxygen atoms in total. The van der Waals surface area contributed by atoms with Crippen LogP contribution in [0.2, 0.25) is 0 Å². The Morgan fingerprint density at radius 2 is 1.85 bits per heavy atom. The van der Waals surface area contributed by atoms with Gasteiger partial charge in [0, 0.05) is 18.7 Å². The Morgan fingerprint density at radius 1 is 1.15 bits per heavy atom. The van der Waals surface area contributed by atoms with Crippen LogP contribution in [0, 0.1) is 12.8 Å². The summed E-state index contributed by atoms with van der Waals surface area (Å²) in [6, 6.07) is 16.6. The predicted octanol–water partition coefficient (Wildman–Crippen LogP) is 5.11. The van der Waals surface area contributed by atoms with E-state index in [2.05, 4.69) is 67.4 Å². The van der Waals surface area contributed by atoms with E-state index >= 15 is 0 Å². The van der Waals surface area contributed by atoms with Gasteiger partial charge in [0.15, 0.2) is 0 Å². The van der Waals surface area contributed by atoms with Gasteiger partial charge in [-0.25, -0.2) is 0 Å². The van der Waals surface area contributed by atoms with Crippen LogP contribution in [0.4, 0.5) is 0 Å². The average molecular weight is 365 g/mol. The third-order valence-electron chi connectivity index (χ3n) is 5.56. The van der Waals surface area contributed by atoms with Crippen molar-refractivity contribution >= 4 is 5.91 Å². The lowest BCUT2D eigenvalue weighted by Gasteiger charge is -2.30. The van der Waals surface area contributed by atoms with Crippen LogP contribution < -0.4 is 5.32 Å². The van der Waals surface area contributed by atoms with Crippen molar-refractivity contribution < 1.29 is 4.79 Å². The molecule has 1 aliphatic heterocycles. The van der Waals surface area contributed by atoms with Crippen LogP contribution >= 0.6 is 0 Å². The fourth-order valence-electron chi connectivity index (χ4n) is 3.91. The van der Waals surface area contributed by atoms with E-state index in [-0.39, 0.29) is 11.9 Å².